The molecular formula is C18H17ClN2O5. The van der Waals surface area contributed by atoms with Gasteiger partial charge in [-0.15, -0.1) is 0 Å². The maximum Gasteiger partial charge on any atom is 0.339 e. The average Bonchev–Trinajstić information content (AvgIpc) is 2.60. The third-order valence-corrected chi connectivity index (χ3v) is 4.06. The number of amides is 1. The van der Waals surface area contributed by atoms with Crippen molar-refractivity contribution in [2.24, 2.45) is 0 Å². The molecule has 0 saturated carbocycles. The molecule has 26 heavy (non-hydrogen) atoms. The standard InChI is InChI=1S/C18H17ClN2O5/c1-11-15(4-3-5-16(11)21(24)25)18(23)26-10-17(22)20-12(2)13-6-8-14(19)9-7-13/h3-9,12H,10H2,1-2H3,(H,20,22)/t12-/m1/s1. The lowest BCUT2D eigenvalue weighted by atomic mass is 10.1. The fourth-order valence-electron chi connectivity index (χ4n) is 2.37. The van der Waals surface area contributed by atoms with E-state index in [1.54, 1.807) is 31.2 Å². The number of benzene rings is 2. The summed E-state index contributed by atoms with van der Waals surface area (Å²) in [4.78, 5) is 34.4. The lowest BCUT2D eigenvalue weighted by molar-refractivity contribution is -0.385. The van der Waals surface area contributed by atoms with Crippen LogP contribution in [0.2, 0.25) is 5.02 Å². The topological polar surface area (TPSA) is 98.5 Å². The Morgan fingerprint density at radius 1 is 1.23 bits per heavy atom. The number of nitro benzene ring substituents is 1. The number of hydrogen-bond acceptors (Lipinski definition) is 5. The van der Waals surface area contributed by atoms with Gasteiger partial charge in [0.25, 0.3) is 11.6 Å². The number of ether oxygens (including phenoxy) is 1. The van der Waals surface area contributed by atoms with Crippen molar-refractivity contribution in [3.8, 4) is 0 Å². The predicted molar refractivity (Wildman–Crippen MR) is 96.1 cm³/mol. The Morgan fingerprint density at radius 3 is 2.50 bits per heavy atom. The first-order valence-corrected chi connectivity index (χ1v) is 8.13. The van der Waals surface area contributed by atoms with E-state index in [0.29, 0.717) is 5.02 Å². The molecule has 0 heterocycles. The Kier molecular flexibility index (Phi) is 6.30. The summed E-state index contributed by atoms with van der Waals surface area (Å²) in [6.45, 7) is 2.75. The first-order valence-electron chi connectivity index (χ1n) is 7.75. The second kappa shape index (κ2) is 8.44. The molecule has 2 aromatic carbocycles. The third-order valence-electron chi connectivity index (χ3n) is 3.80. The molecule has 0 aliphatic heterocycles. The van der Waals surface area contributed by atoms with Gasteiger partial charge in [0.1, 0.15) is 0 Å². The van der Waals surface area contributed by atoms with Crippen molar-refractivity contribution in [3.05, 3.63) is 74.3 Å². The molecule has 0 aliphatic rings. The lowest BCUT2D eigenvalue weighted by Gasteiger charge is -2.14. The van der Waals surface area contributed by atoms with Gasteiger partial charge in [-0.1, -0.05) is 29.8 Å². The number of carbonyl (C=O) groups excluding carboxylic acids is 2. The van der Waals surface area contributed by atoms with Crippen molar-refractivity contribution < 1.29 is 19.2 Å². The van der Waals surface area contributed by atoms with Crippen molar-refractivity contribution in [1.29, 1.82) is 0 Å². The molecular weight excluding hydrogens is 360 g/mol. The minimum atomic E-state index is -0.791. The number of halogens is 1. The highest BCUT2D eigenvalue weighted by Gasteiger charge is 2.20. The number of rotatable bonds is 6. The van der Waals surface area contributed by atoms with Crippen LogP contribution in [0.25, 0.3) is 0 Å². The van der Waals surface area contributed by atoms with Crippen molar-refractivity contribution >= 4 is 29.2 Å². The van der Waals surface area contributed by atoms with Gasteiger partial charge in [0.15, 0.2) is 6.61 Å². The summed E-state index contributed by atoms with van der Waals surface area (Å²) in [6, 6.07) is 10.8. The first-order chi connectivity index (χ1) is 12.3. The largest absolute Gasteiger partial charge is 0.452 e. The van der Waals surface area contributed by atoms with E-state index in [-0.39, 0.29) is 22.9 Å². The van der Waals surface area contributed by atoms with Crippen LogP contribution >= 0.6 is 11.6 Å². The van der Waals surface area contributed by atoms with Crippen molar-refractivity contribution in [3.63, 3.8) is 0 Å². The number of carbonyl (C=O) groups is 2. The molecule has 1 amide bonds. The molecule has 0 bridgehead atoms. The Balaban J connectivity index is 1.95. The van der Waals surface area contributed by atoms with Crippen molar-refractivity contribution in [2.75, 3.05) is 6.61 Å². The van der Waals surface area contributed by atoms with E-state index in [9.17, 15) is 19.7 Å². The second-order valence-electron chi connectivity index (χ2n) is 5.62. The van der Waals surface area contributed by atoms with Gasteiger partial charge in [0.05, 0.1) is 16.5 Å². The van der Waals surface area contributed by atoms with Crippen LogP contribution in [0.5, 0.6) is 0 Å². The Bertz CT molecular complexity index is 836. The van der Waals surface area contributed by atoms with Crippen LogP contribution in [0.4, 0.5) is 5.69 Å². The van der Waals surface area contributed by atoms with Gasteiger partial charge in [0, 0.05) is 16.7 Å². The summed E-state index contributed by atoms with van der Waals surface area (Å²) in [6.07, 6.45) is 0. The van der Waals surface area contributed by atoms with Gasteiger partial charge in [-0.05, 0) is 37.6 Å². The summed E-state index contributed by atoms with van der Waals surface area (Å²) in [7, 11) is 0. The van der Waals surface area contributed by atoms with Crippen LogP contribution in [0.1, 0.15) is 34.5 Å². The highest BCUT2D eigenvalue weighted by atomic mass is 35.5. The van der Waals surface area contributed by atoms with E-state index in [1.807, 2.05) is 0 Å². The van der Waals surface area contributed by atoms with Crippen LogP contribution in [0.15, 0.2) is 42.5 Å². The Morgan fingerprint density at radius 2 is 1.88 bits per heavy atom. The van der Waals surface area contributed by atoms with E-state index in [1.165, 1.54) is 25.1 Å². The Labute approximate surface area is 155 Å². The van der Waals surface area contributed by atoms with E-state index >= 15 is 0 Å². The van der Waals surface area contributed by atoms with Gasteiger partial charge in [-0.3, -0.25) is 14.9 Å². The van der Waals surface area contributed by atoms with Gasteiger partial charge in [0.2, 0.25) is 0 Å². The minimum absolute atomic E-state index is 0.0535. The summed E-state index contributed by atoms with van der Waals surface area (Å²) in [5.41, 5.74) is 0.916. The zero-order valence-electron chi connectivity index (χ0n) is 14.2. The fraction of sp³-hybridized carbons (Fsp3) is 0.222. The zero-order valence-corrected chi connectivity index (χ0v) is 14.9. The third kappa shape index (κ3) is 4.80. The highest BCUT2D eigenvalue weighted by molar-refractivity contribution is 6.30. The van der Waals surface area contributed by atoms with Gasteiger partial charge >= 0.3 is 5.97 Å². The zero-order chi connectivity index (χ0) is 19.3. The number of nitrogens with zero attached hydrogens (tertiary/aromatic N) is 1. The number of esters is 1. The van der Waals surface area contributed by atoms with Gasteiger partial charge in [-0.25, -0.2) is 4.79 Å². The predicted octanol–water partition coefficient (Wildman–Crippen LogP) is 3.59. The quantitative estimate of drug-likeness (QED) is 0.472. The molecule has 7 nitrogen and oxygen atoms in total. The second-order valence-corrected chi connectivity index (χ2v) is 6.06. The molecule has 2 rings (SSSR count). The van der Waals surface area contributed by atoms with E-state index in [4.69, 9.17) is 16.3 Å². The average molecular weight is 377 g/mol. The van der Waals surface area contributed by atoms with Crippen molar-refractivity contribution in [2.45, 2.75) is 19.9 Å². The molecule has 2 aromatic rings. The van der Waals surface area contributed by atoms with Crippen LogP contribution in [0, 0.1) is 17.0 Å². The lowest BCUT2D eigenvalue weighted by Crippen LogP contribution is -2.31. The highest BCUT2D eigenvalue weighted by Crippen LogP contribution is 2.21. The van der Waals surface area contributed by atoms with Crippen LogP contribution in [-0.4, -0.2) is 23.4 Å². The number of nitrogens with one attached hydrogen (secondary N) is 1. The van der Waals surface area contributed by atoms with E-state index in [2.05, 4.69) is 5.32 Å². The molecule has 0 spiro atoms. The molecule has 0 unspecified atom stereocenters. The fourth-order valence-corrected chi connectivity index (χ4v) is 2.50. The minimum Gasteiger partial charge on any atom is -0.452 e. The maximum absolute atomic E-state index is 12.1. The molecule has 136 valence electrons. The molecule has 0 aromatic heterocycles. The van der Waals surface area contributed by atoms with Gasteiger partial charge < -0.3 is 10.1 Å². The smallest absolute Gasteiger partial charge is 0.339 e. The SMILES string of the molecule is Cc1c(C(=O)OCC(=O)N[C@H](C)c2ccc(Cl)cc2)cccc1[N+](=O)[O-]. The van der Waals surface area contributed by atoms with Crippen LogP contribution in [-0.2, 0) is 9.53 Å². The molecule has 0 fully saturated rings. The molecule has 8 heteroatoms. The number of hydrogen-bond donors (Lipinski definition) is 1. The van der Waals surface area contributed by atoms with Crippen LogP contribution in [0.3, 0.4) is 0 Å². The van der Waals surface area contributed by atoms with E-state index in [0.717, 1.165) is 5.56 Å². The normalized spacial score (nSPS) is 11.5. The summed E-state index contributed by atoms with van der Waals surface area (Å²) >= 11 is 5.82. The monoisotopic (exact) mass is 376 g/mol. The number of nitro groups is 1. The Hall–Kier alpha value is -2.93. The molecule has 0 aliphatic carbocycles. The van der Waals surface area contributed by atoms with Crippen LogP contribution < -0.4 is 5.32 Å². The molecule has 0 radical (unpaired) electrons. The molecule has 1 N–H and O–H groups in total. The maximum atomic E-state index is 12.1. The summed E-state index contributed by atoms with van der Waals surface area (Å²) < 4.78 is 4.97. The summed E-state index contributed by atoms with van der Waals surface area (Å²) in [5.74, 6) is -1.27. The molecule has 1 atom stereocenters. The van der Waals surface area contributed by atoms with Gasteiger partial charge in [-0.2, -0.15) is 0 Å². The van der Waals surface area contributed by atoms with Crippen molar-refractivity contribution in [1.82, 2.24) is 5.32 Å². The van der Waals surface area contributed by atoms with E-state index < -0.39 is 23.4 Å². The summed E-state index contributed by atoms with van der Waals surface area (Å²) in [5, 5.41) is 14.2. The molecule has 0 saturated heterocycles. The first kappa shape index (κ1) is 19.4.